The van der Waals surface area contributed by atoms with Crippen molar-refractivity contribution in [3.63, 3.8) is 0 Å². The molecule has 182 valence electrons. The fourth-order valence-corrected chi connectivity index (χ4v) is 3.62. The summed E-state index contributed by atoms with van der Waals surface area (Å²) in [5.41, 5.74) is 0. The highest BCUT2D eigenvalue weighted by Gasteiger charge is 2.19. The zero-order valence-corrected chi connectivity index (χ0v) is 20.2. The van der Waals surface area contributed by atoms with Crippen molar-refractivity contribution in [2.24, 2.45) is 0 Å². The van der Waals surface area contributed by atoms with Crippen LogP contribution in [0.4, 0.5) is 0 Å². The number of amides is 2. The van der Waals surface area contributed by atoms with Crippen LogP contribution in [0.2, 0.25) is 0 Å². The van der Waals surface area contributed by atoms with Crippen LogP contribution in [-0.4, -0.2) is 35.5 Å². The number of carboxylic acids is 1. The molecule has 0 aliphatic rings. The smallest absolute Gasteiger partial charge is 0.326 e. The van der Waals surface area contributed by atoms with Gasteiger partial charge in [0.05, 0.1) is 0 Å². The Morgan fingerprint density at radius 1 is 0.645 bits per heavy atom. The maximum absolute atomic E-state index is 11.9. The molecule has 0 bridgehead atoms. The van der Waals surface area contributed by atoms with Gasteiger partial charge in [-0.3, -0.25) is 9.59 Å². The summed E-state index contributed by atoms with van der Waals surface area (Å²) in [7, 11) is 0. The summed E-state index contributed by atoms with van der Waals surface area (Å²) in [6.45, 7) is 4.91. The predicted molar refractivity (Wildman–Crippen MR) is 127 cm³/mol. The van der Waals surface area contributed by atoms with E-state index in [1.165, 1.54) is 44.9 Å². The Kier molecular flexibility index (Phi) is 20.5. The van der Waals surface area contributed by atoms with Crippen LogP contribution >= 0.6 is 0 Å². The Balaban J connectivity index is 3.68. The van der Waals surface area contributed by atoms with E-state index in [1.54, 1.807) is 0 Å². The van der Waals surface area contributed by atoms with Crippen LogP contribution in [0.5, 0.6) is 0 Å². The second-order valence-corrected chi connectivity index (χ2v) is 8.69. The average Bonchev–Trinajstić information content (AvgIpc) is 2.74. The third-order valence-electron chi connectivity index (χ3n) is 5.64. The molecule has 2 amide bonds. The number of carboxylic acid groups (broad SMARTS) is 1. The number of nitrogens with one attached hydrogen (secondary N) is 2. The van der Waals surface area contributed by atoms with Crippen molar-refractivity contribution in [2.75, 3.05) is 6.54 Å². The first-order valence-corrected chi connectivity index (χ1v) is 12.8. The summed E-state index contributed by atoms with van der Waals surface area (Å²) in [6.07, 6.45) is 17.9. The molecule has 1 atom stereocenters. The SMILES string of the molecule is CCCCCCCCCCCC(=O)NCCCC[C@H](NC(=O)CCCCCC)C(=O)O. The molecule has 6 heteroatoms. The van der Waals surface area contributed by atoms with E-state index in [1.807, 2.05) is 0 Å². The van der Waals surface area contributed by atoms with Gasteiger partial charge < -0.3 is 15.7 Å². The number of unbranched alkanes of at least 4 members (excludes halogenated alkanes) is 12. The van der Waals surface area contributed by atoms with Crippen LogP contribution in [0.25, 0.3) is 0 Å². The molecule has 0 saturated heterocycles. The summed E-state index contributed by atoms with van der Waals surface area (Å²) in [6, 6.07) is -0.837. The van der Waals surface area contributed by atoms with Gasteiger partial charge in [-0.1, -0.05) is 84.5 Å². The molecule has 0 aromatic rings. The monoisotopic (exact) mass is 440 g/mol. The molecular formula is C25H48N2O4. The molecular weight excluding hydrogens is 392 g/mol. The third-order valence-corrected chi connectivity index (χ3v) is 5.64. The van der Waals surface area contributed by atoms with E-state index in [9.17, 15) is 19.5 Å². The number of hydrogen-bond acceptors (Lipinski definition) is 3. The third kappa shape index (κ3) is 20.1. The molecule has 0 heterocycles. The largest absolute Gasteiger partial charge is 0.480 e. The molecule has 31 heavy (non-hydrogen) atoms. The van der Waals surface area contributed by atoms with Crippen molar-refractivity contribution in [3.8, 4) is 0 Å². The topological polar surface area (TPSA) is 95.5 Å². The Bertz CT molecular complexity index is 468. The number of carbonyl (C=O) groups is 3. The summed E-state index contributed by atoms with van der Waals surface area (Å²) in [4.78, 5) is 35.1. The van der Waals surface area contributed by atoms with Gasteiger partial charge in [-0.05, 0) is 32.1 Å². The molecule has 0 saturated carbocycles. The van der Waals surface area contributed by atoms with Crippen molar-refractivity contribution in [3.05, 3.63) is 0 Å². The van der Waals surface area contributed by atoms with Crippen molar-refractivity contribution in [1.82, 2.24) is 10.6 Å². The van der Waals surface area contributed by atoms with Gasteiger partial charge in [-0.2, -0.15) is 0 Å². The van der Waals surface area contributed by atoms with Crippen LogP contribution in [0.15, 0.2) is 0 Å². The Morgan fingerprint density at radius 2 is 1.13 bits per heavy atom. The lowest BCUT2D eigenvalue weighted by Gasteiger charge is -2.14. The zero-order chi connectivity index (χ0) is 23.2. The standard InChI is InChI=1S/C25H48N2O4/c1-3-5-7-9-10-11-12-13-15-19-23(28)26-21-17-16-18-22(25(30)31)27-24(29)20-14-8-6-4-2/h22H,3-21H2,1-2H3,(H,26,28)(H,27,29)(H,30,31)/t22-/m0/s1. The molecule has 0 aromatic carbocycles. The van der Waals surface area contributed by atoms with Gasteiger partial charge in [0.25, 0.3) is 0 Å². The van der Waals surface area contributed by atoms with Gasteiger partial charge in [0.1, 0.15) is 6.04 Å². The van der Waals surface area contributed by atoms with Gasteiger partial charge in [0.15, 0.2) is 0 Å². The fourth-order valence-electron chi connectivity index (χ4n) is 3.62. The molecule has 0 aliphatic heterocycles. The minimum absolute atomic E-state index is 0.0816. The highest BCUT2D eigenvalue weighted by atomic mass is 16.4. The summed E-state index contributed by atoms with van der Waals surface area (Å²) in [5.74, 6) is -1.09. The highest BCUT2D eigenvalue weighted by Crippen LogP contribution is 2.10. The number of rotatable bonds is 22. The second-order valence-electron chi connectivity index (χ2n) is 8.69. The zero-order valence-electron chi connectivity index (χ0n) is 20.2. The fraction of sp³-hybridized carbons (Fsp3) is 0.880. The molecule has 0 radical (unpaired) electrons. The molecule has 0 aromatic heterocycles. The lowest BCUT2D eigenvalue weighted by Crippen LogP contribution is -2.40. The first-order valence-electron chi connectivity index (χ1n) is 12.8. The van der Waals surface area contributed by atoms with E-state index in [4.69, 9.17) is 0 Å². The molecule has 0 unspecified atom stereocenters. The van der Waals surface area contributed by atoms with Crippen molar-refractivity contribution >= 4 is 17.8 Å². The number of carbonyl (C=O) groups excluding carboxylic acids is 2. The first kappa shape index (κ1) is 29.4. The minimum atomic E-state index is -0.990. The highest BCUT2D eigenvalue weighted by molar-refractivity contribution is 5.83. The molecule has 0 fully saturated rings. The summed E-state index contributed by atoms with van der Waals surface area (Å²) in [5, 5.41) is 14.8. The van der Waals surface area contributed by atoms with E-state index in [-0.39, 0.29) is 11.8 Å². The first-order chi connectivity index (χ1) is 15.0. The molecule has 6 nitrogen and oxygen atoms in total. The Labute approximate surface area is 190 Å². The Hall–Kier alpha value is -1.59. The van der Waals surface area contributed by atoms with Crippen LogP contribution in [0, 0.1) is 0 Å². The second kappa shape index (κ2) is 21.6. The molecule has 0 spiro atoms. The van der Waals surface area contributed by atoms with Crippen LogP contribution in [-0.2, 0) is 14.4 Å². The summed E-state index contributed by atoms with van der Waals surface area (Å²) < 4.78 is 0. The minimum Gasteiger partial charge on any atom is -0.480 e. The predicted octanol–water partition coefficient (Wildman–Crippen LogP) is 5.73. The average molecular weight is 441 g/mol. The number of aliphatic carboxylic acids is 1. The quantitative estimate of drug-likeness (QED) is 0.187. The van der Waals surface area contributed by atoms with E-state index in [2.05, 4.69) is 24.5 Å². The number of hydrogen-bond donors (Lipinski definition) is 3. The summed E-state index contributed by atoms with van der Waals surface area (Å²) >= 11 is 0. The van der Waals surface area contributed by atoms with Gasteiger partial charge >= 0.3 is 5.97 Å². The maximum atomic E-state index is 11.9. The molecule has 0 aliphatic carbocycles. The van der Waals surface area contributed by atoms with Gasteiger partial charge in [0.2, 0.25) is 11.8 Å². The lowest BCUT2D eigenvalue weighted by atomic mass is 10.1. The normalized spacial score (nSPS) is 11.8. The van der Waals surface area contributed by atoms with Crippen molar-refractivity contribution in [1.29, 1.82) is 0 Å². The van der Waals surface area contributed by atoms with E-state index >= 15 is 0 Å². The molecule has 3 N–H and O–H groups in total. The van der Waals surface area contributed by atoms with Crippen LogP contribution in [0.3, 0.4) is 0 Å². The van der Waals surface area contributed by atoms with Gasteiger partial charge in [-0.25, -0.2) is 4.79 Å². The van der Waals surface area contributed by atoms with Crippen LogP contribution < -0.4 is 10.6 Å². The van der Waals surface area contributed by atoms with Crippen molar-refractivity contribution in [2.45, 2.75) is 135 Å². The lowest BCUT2D eigenvalue weighted by molar-refractivity contribution is -0.142. The van der Waals surface area contributed by atoms with E-state index in [0.29, 0.717) is 32.2 Å². The Morgan fingerprint density at radius 3 is 1.68 bits per heavy atom. The van der Waals surface area contributed by atoms with Crippen molar-refractivity contribution < 1.29 is 19.5 Å². The van der Waals surface area contributed by atoms with Gasteiger partial charge in [-0.15, -0.1) is 0 Å². The molecule has 0 rings (SSSR count). The maximum Gasteiger partial charge on any atom is 0.326 e. The van der Waals surface area contributed by atoms with Gasteiger partial charge in [0, 0.05) is 19.4 Å². The van der Waals surface area contributed by atoms with E-state index in [0.717, 1.165) is 44.9 Å². The van der Waals surface area contributed by atoms with E-state index < -0.39 is 12.0 Å². The van der Waals surface area contributed by atoms with Crippen LogP contribution in [0.1, 0.15) is 129 Å².